The van der Waals surface area contributed by atoms with E-state index in [9.17, 15) is 4.79 Å². The Morgan fingerprint density at radius 1 is 1.41 bits per heavy atom. The molecule has 0 radical (unpaired) electrons. The molecule has 1 aromatic rings. The van der Waals surface area contributed by atoms with Crippen molar-refractivity contribution in [3.8, 4) is 5.75 Å². The predicted molar refractivity (Wildman–Crippen MR) is 67.5 cm³/mol. The summed E-state index contributed by atoms with van der Waals surface area (Å²) in [6, 6.07) is 5.85. The van der Waals surface area contributed by atoms with E-state index in [1.54, 1.807) is 0 Å². The van der Waals surface area contributed by atoms with Crippen LogP contribution >= 0.6 is 0 Å². The summed E-state index contributed by atoms with van der Waals surface area (Å²) in [6.07, 6.45) is 2.93. The number of unbranched alkanes of at least 4 members (excludes halogenated alkanes) is 1. The first kappa shape index (κ1) is 13.6. The van der Waals surface area contributed by atoms with Gasteiger partial charge in [-0.1, -0.05) is 19.4 Å². The summed E-state index contributed by atoms with van der Waals surface area (Å²) in [7, 11) is 0. The molecule has 0 heterocycles. The summed E-state index contributed by atoms with van der Waals surface area (Å²) in [4.78, 5) is 10.5. The number of aryl methyl sites for hydroxylation is 2. The van der Waals surface area contributed by atoms with Crippen molar-refractivity contribution in [3.63, 3.8) is 0 Å². The Kier molecular flexibility index (Phi) is 5.53. The zero-order valence-electron chi connectivity index (χ0n) is 10.5. The molecule has 3 heteroatoms. The average Bonchev–Trinajstić information content (AvgIpc) is 2.28. The van der Waals surface area contributed by atoms with Gasteiger partial charge < -0.3 is 9.84 Å². The fourth-order valence-corrected chi connectivity index (χ4v) is 1.61. The Hall–Kier alpha value is -1.51. The lowest BCUT2D eigenvalue weighted by Crippen LogP contribution is -2.00. The van der Waals surface area contributed by atoms with Crippen molar-refractivity contribution in [2.75, 3.05) is 6.61 Å². The summed E-state index contributed by atoms with van der Waals surface area (Å²) in [6.45, 7) is 4.86. The summed E-state index contributed by atoms with van der Waals surface area (Å²) >= 11 is 0. The maximum Gasteiger partial charge on any atom is 0.303 e. The lowest BCUT2D eigenvalue weighted by atomic mass is 10.0. The molecule has 0 unspecified atom stereocenters. The summed E-state index contributed by atoms with van der Waals surface area (Å²) in [5.74, 6) is 0.114. The molecule has 94 valence electrons. The maximum absolute atomic E-state index is 10.5. The monoisotopic (exact) mass is 236 g/mol. The largest absolute Gasteiger partial charge is 0.494 e. The van der Waals surface area contributed by atoms with Gasteiger partial charge in [-0.15, -0.1) is 0 Å². The summed E-state index contributed by atoms with van der Waals surface area (Å²) in [5, 5.41) is 8.64. The summed E-state index contributed by atoms with van der Waals surface area (Å²) in [5.41, 5.74) is 2.18. The van der Waals surface area contributed by atoms with Crippen LogP contribution in [-0.4, -0.2) is 17.7 Å². The number of carboxylic acids is 1. The SMILES string of the molecule is CCCCOc1ccc(CCC(=O)O)c(C)c1. The van der Waals surface area contributed by atoms with Gasteiger partial charge in [-0.2, -0.15) is 0 Å². The Morgan fingerprint density at radius 3 is 2.76 bits per heavy atom. The molecular weight excluding hydrogens is 216 g/mol. The van der Waals surface area contributed by atoms with E-state index >= 15 is 0 Å². The van der Waals surface area contributed by atoms with Crippen LogP contribution in [-0.2, 0) is 11.2 Å². The molecule has 0 atom stereocenters. The van der Waals surface area contributed by atoms with Gasteiger partial charge in [-0.05, 0) is 43.0 Å². The normalized spacial score (nSPS) is 10.2. The van der Waals surface area contributed by atoms with Crippen LogP contribution in [0.2, 0.25) is 0 Å². The molecule has 0 saturated carbocycles. The van der Waals surface area contributed by atoms with Crippen molar-refractivity contribution >= 4 is 5.97 Å². The van der Waals surface area contributed by atoms with E-state index in [-0.39, 0.29) is 6.42 Å². The number of ether oxygens (including phenoxy) is 1. The standard InChI is InChI=1S/C14H20O3/c1-3-4-9-17-13-7-5-12(11(2)10-13)6-8-14(15)16/h5,7,10H,3-4,6,8-9H2,1-2H3,(H,15,16). The number of hydrogen-bond donors (Lipinski definition) is 1. The number of benzene rings is 1. The Balaban J connectivity index is 2.56. The molecule has 0 aliphatic carbocycles. The Morgan fingerprint density at radius 2 is 2.18 bits per heavy atom. The Labute approximate surface area is 102 Å². The van der Waals surface area contributed by atoms with E-state index in [1.807, 2.05) is 25.1 Å². The third kappa shape index (κ3) is 4.89. The highest BCUT2D eigenvalue weighted by Crippen LogP contribution is 2.18. The second-order valence-corrected chi connectivity index (χ2v) is 4.18. The molecule has 0 aromatic heterocycles. The van der Waals surface area contributed by atoms with Crippen LogP contribution in [0.5, 0.6) is 5.75 Å². The van der Waals surface area contributed by atoms with E-state index < -0.39 is 5.97 Å². The predicted octanol–water partition coefficient (Wildman–Crippen LogP) is 3.19. The number of carbonyl (C=O) groups is 1. The van der Waals surface area contributed by atoms with Gasteiger partial charge in [0.05, 0.1) is 6.61 Å². The van der Waals surface area contributed by atoms with Gasteiger partial charge in [-0.3, -0.25) is 4.79 Å². The molecule has 0 saturated heterocycles. The van der Waals surface area contributed by atoms with E-state index in [0.717, 1.165) is 36.3 Å². The number of carboxylic acid groups (broad SMARTS) is 1. The molecule has 0 bridgehead atoms. The zero-order valence-corrected chi connectivity index (χ0v) is 10.5. The molecule has 1 aromatic carbocycles. The van der Waals surface area contributed by atoms with Crippen molar-refractivity contribution < 1.29 is 14.6 Å². The third-order valence-corrected chi connectivity index (χ3v) is 2.69. The fourth-order valence-electron chi connectivity index (χ4n) is 1.61. The molecule has 1 N–H and O–H groups in total. The summed E-state index contributed by atoms with van der Waals surface area (Å²) < 4.78 is 5.59. The van der Waals surface area contributed by atoms with Crippen LogP contribution in [0.4, 0.5) is 0 Å². The first-order chi connectivity index (χ1) is 8.13. The van der Waals surface area contributed by atoms with Crippen LogP contribution < -0.4 is 4.74 Å². The molecule has 0 aliphatic rings. The number of aliphatic carboxylic acids is 1. The van der Waals surface area contributed by atoms with Crippen LogP contribution in [0.25, 0.3) is 0 Å². The minimum absolute atomic E-state index is 0.177. The average molecular weight is 236 g/mol. The lowest BCUT2D eigenvalue weighted by molar-refractivity contribution is -0.136. The minimum Gasteiger partial charge on any atom is -0.494 e. The van der Waals surface area contributed by atoms with Crippen molar-refractivity contribution in [2.24, 2.45) is 0 Å². The van der Waals surface area contributed by atoms with Crippen molar-refractivity contribution in [1.29, 1.82) is 0 Å². The van der Waals surface area contributed by atoms with Crippen LogP contribution in [0.3, 0.4) is 0 Å². The number of hydrogen-bond acceptors (Lipinski definition) is 2. The van der Waals surface area contributed by atoms with E-state index in [2.05, 4.69) is 6.92 Å². The molecule has 3 nitrogen and oxygen atoms in total. The lowest BCUT2D eigenvalue weighted by Gasteiger charge is -2.09. The van der Waals surface area contributed by atoms with Crippen LogP contribution in [0.1, 0.15) is 37.3 Å². The van der Waals surface area contributed by atoms with Gasteiger partial charge in [0.15, 0.2) is 0 Å². The van der Waals surface area contributed by atoms with E-state index in [4.69, 9.17) is 9.84 Å². The smallest absolute Gasteiger partial charge is 0.303 e. The molecule has 0 fully saturated rings. The third-order valence-electron chi connectivity index (χ3n) is 2.69. The number of rotatable bonds is 7. The van der Waals surface area contributed by atoms with Gasteiger partial charge in [0, 0.05) is 6.42 Å². The van der Waals surface area contributed by atoms with Crippen molar-refractivity contribution in [1.82, 2.24) is 0 Å². The second kappa shape index (κ2) is 6.94. The van der Waals surface area contributed by atoms with Gasteiger partial charge in [0.25, 0.3) is 0 Å². The van der Waals surface area contributed by atoms with Crippen molar-refractivity contribution in [2.45, 2.75) is 39.5 Å². The maximum atomic E-state index is 10.5. The molecule has 0 amide bonds. The van der Waals surface area contributed by atoms with Gasteiger partial charge in [-0.25, -0.2) is 0 Å². The highest BCUT2D eigenvalue weighted by atomic mass is 16.5. The van der Waals surface area contributed by atoms with Gasteiger partial charge in [0.1, 0.15) is 5.75 Å². The fraction of sp³-hybridized carbons (Fsp3) is 0.500. The van der Waals surface area contributed by atoms with Crippen molar-refractivity contribution in [3.05, 3.63) is 29.3 Å². The van der Waals surface area contributed by atoms with Crippen LogP contribution in [0, 0.1) is 6.92 Å². The molecule has 17 heavy (non-hydrogen) atoms. The molecule has 1 rings (SSSR count). The zero-order chi connectivity index (χ0) is 12.7. The van der Waals surface area contributed by atoms with Crippen LogP contribution in [0.15, 0.2) is 18.2 Å². The Bertz CT molecular complexity index is 372. The molecule has 0 spiro atoms. The first-order valence-corrected chi connectivity index (χ1v) is 6.07. The quantitative estimate of drug-likeness (QED) is 0.739. The van der Waals surface area contributed by atoms with Gasteiger partial charge >= 0.3 is 5.97 Å². The highest BCUT2D eigenvalue weighted by Gasteiger charge is 2.03. The van der Waals surface area contributed by atoms with E-state index in [1.165, 1.54) is 0 Å². The van der Waals surface area contributed by atoms with Gasteiger partial charge in [0.2, 0.25) is 0 Å². The second-order valence-electron chi connectivity index (χ2n) is 4.18. The highest BCUT2D eigenvalue weighted by molar-refractivity contribution is 5.67. The minimum atomic E-state index is -0.757. The first-order valence-electron chi connectivity index (χ1n) is 6.07. The van der Waals surface area contributed by atoms with E-state index in [0.29, 0.717) is 6.42 Å². The topological polar surface area (TPSA) is 46.5 Å². The molecule has 0 aliphatic heterocycles. The molecular formula is C14H20O3.